The third kappa shape index (κ3) is 4.15. The number of hydrogen-bond acceptors (Lipinski definition) is 0. The van der Waals surface area contributed by atoms with Crippen LogP contribution in [0.15, 0.2) is 60.7 Å². The van der Waals surface area contributed by atoms with Gasteiger partial charge in [-0.1, -0.05) is 98.2 Å². The minimum absolute atomic E-state index is 0.833. The largest absolute Gasteiger partial charge is 0.0981 e. The van der Waals surface area contributed by atoms with Crippen molar-refractivity contribution in [1.82, 2.24) is 0 Å². The lowest BCUT2D eigenvalue weighted by molar-refractivity contribution is 1.28. The van der Waals surface area contributed by atoms with Crippen LogP contribution in [0.4, 0.5) is 0 Å². The van der Waals surface area contributed by atoms with Crippen molar-refractivity contribution in [3.05, 3.63) is 71.8 Å². The molecule has 0 radical (unpaired) electrons. The van der Waals surface area contributed by atoms with Crippen molar-refractivity contribution in [2.45, 2.75) is 26.7 Å². The Bertz CT molecular complexity index is 674. The second kappa shape index (κ2) is 8.56. The minimum atomic E-state index is 0.833. The second-order valence-corrected chi connectivity index (χ2v) is 4.79. The van der Waals surface area contributed by atoms with Gasteiger partial charge < -0.3 is 0 Å². The molecule has 22 heavy (non-hydrogen) atoms. The Morgan fingerprint density at radius 3 is 1.32 bits per heavy atom. The predicted octanol–water partition coefficient (Wildman–Crippen LogP) is 5.42. The van der Waals surface area contributed by atoms with E-state index in [1.807, 2.05) is 36.4 Å². The molecule has 0 fully saturated rings. The molecule has 0 heterocycles. The van der Waals surface area contributed by atoms with E-state index in [0.717, 1.165) is 35.1 Å². The monoisotopic (exact) mass is 284 g/mol. The molecule has 0 amide bonds. The molecule has 0 aromatic heterocycles. The van der Waals surface area contributed by atoms with E-state index in [1.165, 1.54) is 0 Å². The third-order valence-corrected chi connectivity index (χ3v) is 3.16. The Kier molecular flexibility index (Phi) is 6.10. The summed E-state index contributed by atoms with van der Waals surface area (Å²) in [5.41, 5.74) is 4.25. The van der Waals surface area contributed by atoms with Crippen LogP contribution >= 0.6 is 0 Å². The second-order valence-electron chi connectivity index (χ2n) is 4.79. The zero-order valence-electron chi connectivity index (χ0n) is 13.2. The van der Waals surface area contributed by atoms with Crippen molar-refractivity contribution in [2.75, 3.05) is 0 Å². The van der Waals surface area contributed by atoms with Crippen LogP contribution in [0.25, 0.3) is 11.1 Å². The molecule has 0 saturated heterocycles. The van der Waals surface area contributed by atoms with Gasteiger partial charge in [0.25, 0.3) is 0 Å². The van der Waals surface area contributed by atoms with Crippen LogP contribution in [-0.2, 0) is 0 Å². The van der Waals surface area contributed by atoms with E-state index in [-0.39, 0.29) is 0 Å². The molecule has 2 rings (SSSR count). The zero-order valence-corrected chi connectivity index (χ0v) is 13.2. The number of benzene rings is 2. The van der Waals surface area contributed by atoms with Gasteiger partial charge in [-0.2, -0.15) is 0 Å². The molecule has 0 aliphatic heterocycles. The van der Waals surface area contributed by atoms with E-state index in [4.69, 9.17) is 0 Å². The standard InChI is InChI=1S/C22H20/c1-3-5-17-21(19-13-9-7-10-14-19)22(18-6-4-2)20-15-11-8-12-16-20/h7-16H,3-4H2,1-2H3/b22-21+. The summed E-state index contributed by atoms with van der Waals surface area (Å²) in [5.74, 6) is 13.0. The maximum Gasteiger partial charge on any atom is 0.0480 e. The molecule has 0 N–H and O–H groups in total. The summed E-state index contributed by atoms with van der Waals surface area (Å²) in [7, 11) is 0. The number of hydrogen-bond donors (Lipinski definition) is 0. The van der Waals surface area contributed by atoms with E-state index in [0.29, 0.717) is 0 Å². The van der Waals surface area contributed by atoms with Gasteiger partial charge in [-0.15, -0.1) is 0 Å². The highest BCUT2D eigenvalue weighted by Gasteiger charge is 2.07. The summed E-state index contributed by atoms with van der Waals surface area (Å²) in [4.78, 5) is 0. The van der Waals surface area contributed by atoms with Crippen LogP contribution in [0.5, 0.6) is 0 Å². The summed E-state index contributed by atoms with van der Waals surface area (Å²) < 4.78 is 0. The average molecular weight is 284 g/mol. The fourth-order valence-electron chi connectivity index (χ4n) is 2.12. The van der Waals surface area contributed by atoms with E-state index in [9.17, 15) is 0 Å². The Labute approximate surface area is 133 Å². The van der Waals surface area contributed by atoms with Gasteiger partial charge in [0.05, 0.1) is 0 Å². The summed E-state index contributed by atoms with van der Waals surface area (Å²) in [6, 6.07) is 20.6. The van der Waals surface area contributed by atoms with Crippen molar-refractivity contribution < 1.29 is 0 Å². The Balaban J connectivity index is 2.70. The fraction of sp³-hybridized carbons (Fsp3) is 0.182. The van der Waals surface area contributed by atoms with Crippen molar-refractivity contribution >= 4 is 11.1 Å². The zero-order chi connectivity index (χ0) is 15.6. The normalized spacial score (nSPS) is 10.6. The Morgan fingerprint density at radius 2 is 1.00 bits per heavy atom. The maximum atomic E-state index is 3.32. The van der Waals surface area contributed by atoms with Crippen LogP contribution in [0.2, 0.25) is 0 Å². The van der Waals surface area contributed by atoms with Gasteiger partial charge in [-0.25, -0.2) is 0 Å². The topological polar surface area (TPSA) is 0 Å². The highest BCUT2D eigenvalue weighted by atomic mass is 14.1. The average Bonchev–Trinajstić information content (AvgIpc) is 2.59. The molecular weight excluding hydrogens is 264 g/mol. The van der Waals surface area contributed by atoms with Crippen LogP contribution in [0.3, 0.4) is 0 Å². The van der Waals surface area contributed by atoms with Gasteiger partial charge in [0.2, 0.25) is 0 Å². The molecule has 2 aromatic carbocycles. The lowest BCUT2D eigenvalue weighted by atomic mass is 9.95. The third-order valence-electron chi connectivity index (χ3n) is 3.16. The SMILES string of the molecule is CCC#C/C(=C(/C#CCC)c1ccccc1)c1ccccc1. The van der Waals surface area contributed by atoms with Gasteiger partial charge in [0.15, 0.2) is 0 Å². The van der Waals surface area contributed by atoms with Gasteiger partial charge in [0.1, 0.15) is 0 Å². The lowest BCUT2D eigenvalue weighted by Gasteiger charge is -2.07. The summed E-state index contributed by atoms with van der Waals surface area (Å²) in [6.45, 7) is 4.13. The summed E-state index contributed by atoms with van der Waals surface area (Å²) in [5, 5.41) is 0. The maximum absolute atomic E-state index is 3.32. The molecule has 0 unspecified atom stereocenters. The van der Waals surface area contributed by atoms with Gasteiger partial charge in [0, 0.05) is 24.0 Å². The molecule has 0 spiro atoms. The van der Waals surface area contributed by atoms with Crippen molar-refractivity contribution in [3.63, 3.8) is 0 Å². The minimum Gasteiger partial charge on any atom is -0.0981 e. The van der Waals surface area contributed by atoms with Crippen LogP contribution < -0.4 is 0 Å². The first kappa shape index (κ1) is 15.7. The molecule has 108 valence electrons. The highest BCUT2D eigenvalue weighted by Crippen LogP contribution is 2.25. The van der Waals surface area contributed by atoms with Crippen molar-refractivity contribution in [2.24, 2.45) is 0 Å². The van der Waals surface area contributed by atoms with Crippen LogP contribution in [-0.4, -0.2) is 0 Å². The molecule has 0 aliphatic rings. The fourth-order valence-corrected chi connectivity index (χ4v) is 2.12. The lowest BCUT2D eigenvalue weighted by Crippen LogP contribution is -1.90. The first-order chi connectivity index (χ1) is 10.9. The van der Waals surface area contributed by atoms with E-state index < -0.39 is 0 Å². The first-order valence-corrected chi connectivity index (χ1v) is 7.69. The Morgan fingerprint density at radius 1 is 0.636 bits per heavy atom. The smallest absolute Gasteiger partial charge is 0.0480 e. The quantitative estimate of drug-likeness (QED) is 0.510. The molecule has 0 aliphatic carbocycles. The van der Waals surface area contributed by atoms with Gasteiger partial charge in [-0.05, 0) is 11.1 Å². The van der Waals surface area contributed by atoms with Gasteiger partial charge >= 0.3 is 0 Å². The first-order valence-electron chi connectivity index (χ1n) is 7.69. The van der Waals surface area contributed by atoms with Gasteiger partial charge in [-0.3, -0.25) is 0 Å². The number of allylic oxidation sites excluding steroid dienone is 2. The van der Waals surface area contributed by atoms with Crippen LogP contribution in [0.1, 0.15) is 37.8 Å². The van der Waals surface area contributed by atoms with E-state index in [1.54, 1.807) is 0 Å². The summed E-state index contributed by atoms with van der Waals surface area (Å²) >= 11 is 0. The molecule has 0 heteroatoms. The molecule has 0 saturated carbocycles. The predicted molar refractivity (Wildman–Crippen MR) is 95.8 cm³/mol. The van der Waals surface area contributed by atoms with Crippen molar-refractivity contribution in [1.29, 1.82) is 0 Å². The molecular formula is C22H20. The summed E-state index contributed by atoms with van der Waals surface area (Å²) in [6.07, 6.45) is 1.67. The molecule has 2 aromatic rings. The molecule has 0 nitrogen and oxygen atoms in total. The van der Waals surface area contributed by atoms with E-state index >= 15 is 0 Å². The van der Waals surface area contributed by atoms with Crippen molar-refractivity contribution in [3.8, 4) is 23.7 Å². The molecule has 0 bridgehead atoms. The highest BCUT2D eigenvalue weighted by molar-refractivity contribution is 6.04. The Hall–Kier alpha value is -2.70. The van der Waals surface area contributed by atoms with E-state index in [2.05, 4.69) is 61.8 Å². The number of rotatable bonds is 2. The van der Waals surface area contributed by atoms with Crippen LogP contribution in [0, 0.1) is 23.7 Å². The molecule has 0 atom stereocenters.